The van der Waals surface area contributed by atoms with Crippen molar-refractivity contribution in [2.75, 3.05) is 32.7 Å². The van der Waals surface area contributed by atoms with Crippen LogP contribution in [0.25, 0.3) is 0 Å². The van der Waals surface area contributed by atoms with E-state index < -0.39 is 17.2 Å². The summed E-state index contributed by atoms with van der Waals surface area (Å²) >= 11 is 0. The van der Waals surface area contributed by atoms with Gasteiger partial charge in [-0.3, -0.25) is 9.80 Å². The monoisotopic (exact) mass is 508 g/mol. The van der Waals surface area contributed by atoms with Crippen LogP contribution in [0, 0.1) is 18.6 Å². The van der Waals surface area contributed by atoms with Crippen LogP contribution in [-0.2, 0) is 25.2 Å². The quantitative estimate of drug-likeness (QED) is 0.371. The van der Waals surface area contributed by atoms with Crippen molar-refractivity contribution in [1.82, 2.24) is 39.6 Å². The van der Waals surface area contributed by atoms with Gasteiger partial charge in [-0.2, -0.15) is 5.10 Å². The van der Waals surface area contributed by atoms with E-state index in [0.717, 1.165) is 30.9 Å². The van der Waals surface area contributed by atoms with Gasteiger partial charge in [0.2, 0.25) is 0 Å². The minimum absolute atomic E-state index is 0.000145. The molecule has 1 N–H and O–H groups in total. The van der Waals surface area contributed by atoms with Gasteiger partial charge in [0.15, 0.2) is 0 Å². The van der Waals surface area contributed by atoms with Crippen LogP contribution >= 0.6 is 0 Å². The maximum absolute atomic E-state index is 14.7. The van der Waals surface area contributed by atoms with Crippen molar-refractivity contribution in [1.29, 1.82) is 0 Å². The Labute approximate surface area is 214 Å². The molecule has 1 aliphatic heterocycles. The van der Waals surface area contributed by atoms with Gasteiger partial charge in [-0.15, -0.1) is 5.10 Å². The van der Waals surface area contributed by atoms with Gasteiger partial charge in [-0.1, -0.05) is 41.1 Å². The number of nitrogens with zero attached hydrogens (tertiary/aromatic N) is 8. The number of rotatable bonds is 9. The lowest BCUT2D eigenvalue weighted by Gasteiger charge is -2.39. The first-order chi connectivity index (χ1) is 17.9. The maximum Gasteiger partial charge on any atom is 0.137 e. The third-order valence-electron chi connectivity index (χ3n) is 6.71. The maximum atomic E-state index is 14.7. The Morgan fingerprint density at radius 3 is 2.38 bits per heavy atom. The van der Waals surface area contributed by atoms with Crippen LogP contribution in [0.3, 0.4) is 0 Å². The fourth-order valence-electron chi connectivity index (χ4n) is 4.74. The van der Waals surface area contributed by atoms with Crippen molar-refractivity contribution in [2.45, 2.75) is 32.2 Å². The van der Waals surface area contributed by atoms with Crippen molar-refractivity contribution in [3.05, 3.63) is 95.3 Å². The number of hydrogen-bond donors (Lipinski definition) is 1. The first-order valence-corrected chi connectivity index (χ1v) is 12.3. The smallest absolute Gasteiger partial charge is 0.137 e. The van der Waals surface area contributed by atoms with Gasteiger partial charge in [0.25, 0.3) is 0 Å². The van der Waals surface area contributed by atoms with E-state index in [1.165, 1.54) is 34.5 Å². The third kappa shape index (κ3) is 6.24. The van der Waals surface area contributed by atoms with E-state index in [4.69, 9.17) is 0 Å². The normalized spacial score (nSPS) is 16.6. The molecule has 1 fully saturated rings. The van der Waals surface area contributed by atoms with Crippen LogP contribution in [0.5, 0.6) is 0 Å². The molecule has 0 amide bonds. The van der Waals surface area contributed by atoms with Gasteiger partial charge >= 0.3 is 0 Å². The van der Waals surface area contributed by atoms with Crippen molar-refractivity contribution in [3.8, 4) is 0 Å². The average molecular weight is 509 g/mol. The molecule has 194 valence electrons. The molecule has 0 spiro atoms. The van der Waals surface area contributed by atoms with Gasteiger partial charge < -0.3 is 5.11 Å². The SMILES string of the molecule is Cc1ccc(Cn2cc(CN3CCN(CC(O)(Cn4cncn4)c4ccc(F)cc4F)CC3)nn2)cc1. The summed E-state index contributed by atoms with van der Waals surface area (Å²) in [6.07, 6.45) is 4.80. The minimum atomic E-state index is -1.60. The fourth-order valence-corrected chi connectivity index (χ4v) is 4.74. The van der Waals surface area contributed by atoms with Crippen LogP contribution in [-0.4, -0.2) is 77.4 Å². The number of aliphatic hydroxyl groups is 1. The van der Waals surface area contributed by atoms with Gasteiger partial charge in [0.05, 0.1) is 25.0 Å². The second-order valence-electron chi connectivity index (χ2n) is 9.69. The number of piperazine rings is 1. The standard InChI is InChI=1S/C26H30F2N8O/c1-20-2-4-21(5-3-20)13-35-15-23(31-32-35)14-33-8-10-34(11-9-33)16-26(37,17-36-19-29-18-30-36)24-7-6-22(27)12-25(24)28/h2-7,12,15,18-19,37H,8-11,13-14,16-17H2,1H3. The Bertz CT molecular complexity index is 1300. The Morgan fingerprint density at radius 1 is 0.919 bits per heavy atom. The summed E-state index contributed by atoms with van der Waals surface area (Å²) in [6, 6.07) is 11.6. The van der Waals surface area contributed by atoms with Gasteiger partial charge in [0.1, 0.15) is 29.9 Å². The topological polar surface area (TPSA) is 88.1 Å². The molecule has 0 radical (unpaired) electrons. The van der Waals surface area contributed by atoms with E-state index >= 15 is 0 Å². The van der Waals surface area contributed by atoms with E-state index in [9.17, 15) is 13.9 Å². The highest BCUT2D eigenvalue weighted by molar-refractivity contribution is 5.26. The zero-order chi connectivity index (χ0) is 25.8. The summed E-state index contributed by atoms with van der Waals surface area (Å²) in [5.74, 6) is -1.47. The van der Waals surface area contributed by atoms with Crippen molar-refractivity contribution in [2.24, 2.45) is 0 Å². The summed E-state index contributed by atoms with van der Waals surface area (Å²) < 4.78 is 31.5. The van der Waals surface area contributed by atoms with Gasteiger partial charge in [-0.05, 0) is 18.6 Å². The third-order valence-corrected chi connectivity index (χ3v) is 6.71. The molecule has 37 heavy (non-hydrogen) atoms. The molecule has 1 aliphatic rings. The van der Waals surface area contributed by atoms with Crippen LogP contribution in [0.15, 0.2) is 61.3 Å². The second-order valence-corrected chi connectivity index (χ2v) is 9.69. The Morgan fingerprint density at radius 2 is 1.68 bits per heavy atom. The molecule has 4 aromatic rings. The van der Waals surface area contributed by atoms with Crippen molar-refractivity contribution >= 4 is 0 Å². The molecule has 0 bridgehead atoms. The predicted octanol–water partition coefficient (Wildman–Crippen LogP) is 2.21. The van der Waals surface area contributed by atoms with E-state index in [0.29, 0.717) is 26.2 Å². The Balaban J connectivity index is 1.19. The van der Waals surface area contributed by atoms with Crippen LogP contribution in [0.1, 0.15) is 22.4 Å². The molecule has 1 saturated heterocycles. The van der Waals surface area contributed by atoms with E-state index in [1.54, 1.807) is 0 Å². The second kappa shape index (κ2) is 10.8. The average Bonchev–Trinajstić information content (AvgIpc) is 3.54. The molecule has 2 aromatic heterocycles. The van der Waals surface area contributed by atoms with Gasteiger partial charge in [0, 0.05) is 50.9 Å². The van der Waals surface area contributed by atoms with Crippen molar-refractivity contribution in [3.63, 3.8) is 0 Å². The minimum Gasteiger partial charge on any atom is -0.382 e. The molecule has 9 nitrogen and oxygen atoms in total. The zero-order valence-corrected chi connectivity index (χ0v) is 20.7. The Hall–Kier alpha value is -3.54. The summed E-state index contributed by atoms with van der Waals surface area (Å²) in [4.78, 5) is 8.29. The first-order valence-electron chi connectivity index (χ1n) is 12.3. The number of halogens is 2. The molecule has 11 heteroatoms. The fraction of sp³-hybridized carbons (Fsp3) is 0.385. The molecule has 1 atom stereocenters. The molecule has 0 aliphatic carbocycles. The first kappa shape index (κ1) is 25.1. The van der Waals surface area contributed by atoms with Crippen LogP contribution in [0.2, 0.25) is 0 Å². The molecule has 3 heterocycles. The molecular weight excluding hydrogens is 478 g/mol. The lowest BCUT2D eigenvalue weighted by Crippen LogP contribution is -2.52. The number of hydrogen-bond acceptors (Lipinski definition) is 7. The van der Waals surface area contributed by atoms with Crippen molar-refractivity contribution < 1.29 is 13.9 Å². The number of aromatic nitrogens is 6. The highest BCUT2D eigenvalue weighted by Crippen LogP contribution is 2.28. The van der Waals surface area contributed by atoms with E-state index in [1.807, 2.05) is 10.9 Å². The summed E-state index contributed by atoms with van der Waals surface area (Å²) in [5, 5.41) is 24.3. The summed E-state index contributed by atoms with van der Waals surface area (Å²) in [5.41, 5.74) is 1.73. The lowest BCUT2D eigenvalue weighted by molar-refractivity contribution is -0.0324. The van der Waals surface area contributed by atoms with Crippen LogP contribution in [0.4, 0.5) is 8.78 Å². The summed E-state index contributed by atoms with van der Waals surface area (Å²) in [6.45, 7) is 6.47. The van der Waals surface area contributed by atoms with E-state index in [-0.39, 0.29) is 18.7 Å². The highest BCUT2D eigenvalue weighted by atomic mass is 19.1. The Kier molecular flexibility index (Phi) is 7.36. The number of aryl methyl sites for hydroxylation is 1. The zero-order valence-electron chi connectivity index (χ0n) is 20.7. The molecule has 2 aromatic carbocycles. The van der Waals surface area contributed by atoms with Crippen LogP contribution < -0.4 is 0 Å². The molecule has 1 unspecified atom stereocenters. The number of benzene rings is 2. The molecule has 5 rings (SSSR count). The molecular formula is C26H30F2N8O. The summed E-state index contributed by atoms with van der Waals surface area (Å²) in [7, 11) is 0. The van der Waals surface area contributed by atoms with Gasteiger partial charge in [-0.25, -0.2) is 23.1 Å². The highest BCUT2D eigenvalue weighted by Gasteiger charge is 2.36. The number of β-amino-alcohol motifs (C(OH)–C–C–N with tert-alkyl or cyclic N) is 1. The largest absolute Gasteiger partial charge is 0.382 e. The lowest BCUT2D eigenvalue weighted by atomic mass is 9.92. The predicted molar refractivity (Wildman–Crippen MR) is 132 cm³/mol. The molecule has 0 saturated carbocycles. The van der Waals surface area contributed by atoms with E-state index in [2.05, 4.69) is 61.4 Å².